The van der Waals surface area contributed by atoms with Crippen molar-refractivity contribution in [3.63, 3.8) is 0 Å². The van der Waals surface area contributed by atoms with Crippen LogP contribution in [0.5, 0.6) is 0 Å². The van der Waals surface area contributed by atoms with Gasteiger partial charge in [0.15, 0.2) is 0 Å². The number of nitrogens with one attached hydrogen (secondary N) is 1. The highest BCUT2D eigenvalue weighted by atomic mass is 19.1. The molecule has 0 bridgehead atoms. The maximum Gasteiger partial charge on any atom is 0.308 e. The zero-order valence-corrected chi connectivity index (χ0v) is 14.9. The number of carbonyl (C=O) groups is 2. The Labute approximate surface area is 145 Å². The van der Waals surface area contributed by atoms with E-state index in [1.54, 1.807) is 32.9 Å². The molecule has 1 rings (SSSR count). The molecule has 1 amide bonds. The predicted molar refractivity (Wildman–Crippen MR) is 89.8 cm³/mol. The topological polar surface area (TPSA) is 97.6 Å². The van der Waals surface area contributed by atoms with Gasteiger partial charge in [-0.25, -0.2) is 4.39 Å². The van der Waals surface area contributed by atoms with E-state index in [1.165, 1.54) is 23.8 Å². The molecule has 2 N–H and O–H groups in total. The summed E-state index contributed by atoms with van der Waals surface area (Å²) < 4.78 is 19.2. The molecule has 0 fully saturated rings. The lowest BCUT2D eigenvalue weighted by molar-refractivity contribution is -0.156. The molecular weight excluding hydrogens is 331 g/mol. The number of hydrogen-bond donors (Lipinski definition) is 2. The maximum atomic E-state index is 12.9. The highest BCUT2D eigenvalue weighted by Crippen LogP contribution is 2.12. The summed E-state index contributed by atoms with van der Waals surface area (Å²) in [6.45, 7) is 5.38. The summed E-state index contributed by atoms with van der Waals surface area (Å²) in [5.41, 5.74) is -1.11. The fourth-order valence-electron chi connectivity index (χ4n) is 2.14. The van der Waals surface area contributed by atoms with Gasteiger partial charge in [0.1, 0.15) is 24.4 Å². The number of aromatic nitrogens is 1. The zero-order valence-electron chi connectivity index (χ0n) is 14.9. The summed E-state index contributed by atoms with van der Waals surface area (Å²) in [6.07, 6.45) is -0.498. The van der Waals surface area contributed by atoms with Crippen LogP contribution in [0, 0.1) is 0 Å². The number of amides is 1. The van der Waals surface area contributed by atoms with Gasteiger partial charge in [-0.2, -0.15) is 0 Å². The Kier molecular flexibility index (Phi) is 7.29. The summed E-state index contributed by atoms with van der Waals surface area (Å²) in [4.78, 5) is 36.0. The first-order valence-electron chi connectivity index (χ1n) is 7.98. The standard InChI is InChI=1S/C17H25FN2O5/c1-11(20-8-6-5-7-14(20)22)16(24)19-12(13(21)10-18)9-15(23)25-17(2,3)4/h5-8,11-13,21H,9-10H2,1-4H3,(H,19,24). The summed E-state index contributed by atoms with van der Waals surface area (Å²) in [7, 11) is 0. The lowest BCUT2D eigenvalue weighted by Crippen LogP contribution is -2.48. The van der Waals surface area contributed by atoms with Gasteiger partial charge >= 0.3 is 5.97 Å². The number of alkyl halides is 1. The molecule has 7 nitrogen and oxygen atoms in total. The summed E-state index contributed by atoms with van der Waals surface area (Å²) in [5.74, 6) is -1.29. The first-order valence-corrected chi connectivity index (χ1v) is 7.98. The number of aliphatic hydroxyl groups is 1. The van der Waals surface area contributed by atoms with Crippen LogP contribution in [0.1, 0.15) is 40.2 Å². The van der Waals surface area contributed by atoms with Crippen LogP contribution in [0.4, 0.5) is 4.39 Å². The van der Waals surface area contributed by atoms with Crippen LogP contribution < -0.4 is 10.9 Å². The molecule has 1 aromatic rings. The minimum Gasteiger partial charge on any atom is -0.460 e. The summed E-state index contributed by atoms with van der Waals surface area (Å²) >= 11 is 0. The van der Waals surface area contributed by atoms with Gasteiger partial charge in [-0.1, -0.05) is 6.07 Å². The minimum absolute atomic E-state index is 0.375. The second-order valence-corrected chi connectivity index (χ2v) is 6.75. The largest absolute Gasteiger partial charge is 0.460 e. The Morgan fingerprint density at radius 3 is 2.52 bits per heavy atom. The van der Waals surface area contributed by atoms with Crippen molar-refractivity contribution in [3.05, 3.63) is 34.7 Å². The van der Waals surface area contributed by atoms with Crippen molar-refractivity contribution < 1.29 is 23.8 Å². The number of esters is 1. The Morgan fingerprint density at radius 2 is 2.00 bits per heavy atom. The number of ether oxygens (including phenoxy) is 1. The molecule has 0 radical (unpaired) electrons. The third-order valence-corrected chi connectivity index (χ3v) is 3.40. The van der Waals surface area contributed by atoms with Gasteiger partial charge in [0.25, 0.3) is 5.56 Å². The molecule has 0 aliphatic rings. The van der Waals surface area contributed by atoms with Gasteiger partial charge < -0.3 is 19.7 Å². The minimum atomic E-state index is -1.56. The van der Waals surface area contributed by atoms with Crippen molar-refractivity contribution in [2.45, 2.75) is 57.9 Å². The van der Waals surface area contributed by atoms with Crippen LogP contribution in [-0.2, 0) is 14.3 Å². The highest BCUT2D eigenvalue weighted by Gasteiger charge is 2.29. The van der Waals surface area contributed by atoms with E-state index >= 15 is 0 Å². The number of carbonyl (C=O) groups excluding carboxylic acids is 2. The molecule has 25 heavy (non-hydrogen) atoms. The molecule has 3 unspecified atom stereocenters. The van der Waals surface area contributed by atoms with Crippen LogP contribution in [0.3, 0.4) is 0 Å². The number of rotatable bonds is 7. The van der Waals surface area contributed by atoms with E-state index in [-0.39, 0.29) is 12.0 Å². The normalized spacial score (nSPS) is 15.1. The lowest BCUT2D eigenvalue weighted by atomic mass is 10.1. The molecule has 0 aliphatic carbocycles. The smallest absolute Gasteiger partial charge is 0.308 e. The summed E-state index contributed by atoms with van der Waals surface area (Å²) in [6, 6.07) is 2.40. The number of nitrogens with zero attached hydrogens (tertiary/aromatic N) is 1. The number of halogens is 1. The van der Waals surface area contributed by atoms with Crippen LogP contribution >= 0.6 is 0 Å². The Morgan fingerprint density at radius 1 is 1.36 bits per heavy atom. The van der Waals surface area contributed by atoms with E-state index in [9.17, 15) is 23.9 Å². The molecule has 1 heterocycles. The molecular formula is C17H25FN2O5. The first-order chi connectivity index (χ1) is 11.5. The first kappa shape index (κ1) is 20.8. The average Bonchev–Trinajstić information content (AvgIpc) is 2.51. The van der Waals surface area contributed by atoms with Crippen molar-refractivity contribution in [2.75, 3.05) is 6.67 Å². The van der Waals surface area contributed by atoms with Crippen LogP contribution in [0.2, 0.25) is 0 Å². The summed E-state index contributed by atoms with van der Waals surface area (Å²) in [5, 5.41) is 12.2. The fourth-order valence-corrected chi connectivity index (χ4v) is 2.14. The van der Waals surface area contributed by atoms with E-state index in [4.69, 9.17) is 4.74 Å². The third-order valence-electron chi connectivity index (χ3n) is 3.40. The van der Waals surface area contributed by atoms with E-state index in [0.717, 1.165) is 0 Å². The zero-order chi connectivity index (χ0) is 19.2. The van der Waals surface area contributed by atoms with Crippen molar-refractivity contribution in [1.29, 1.82) is 0 Å². The van der Waals surface area contributed by atoms with Crippen LogP contribution in [0.15, 0.2) is 29.2 Å². The Balaban J connectivity index is 2.84. The molecule has 0 saturated carbocycles. The number of hydrogen-bond acceptors (Lipinski definition) is 5. The van der Waals surface area contributed by atoms with Gasteiger partial charge in [-0.15, -0.1) is 0 Å². The highest BCUT2D eigenvalue weighted by molar-refractivity contribution is 5.81. The monoisotopic (exact) mass is 356 g/mol. The van der Waals surface area contributed by atoms with E-state index in [0.29, 0.717) is 0 Å². The van der Waals surface area contributed by atoms with Gasteiger partial charge in [0.05, 0.1) is 12.5 Å². The maximum absolute atomic E-state index is 12.9. The van der Waals surface area contributed by atoms with Crippen LogP contribution in [0.25, 0.3) is 0 Å². The van der Waals surface area contributed by atoms with Gasteiger partial charge in [0, 0.05) is 12.3 Å². The predicted octanol–water partition coefficient (Wildman–Crippen LogP) is 0.956. The van der Waals surface area contributed by atoms with Gasteiger partial charge in [-0.3, -0.25) is 14.4 Å². The second kappa shape index (κ2) is 8.75. The van der Waals surface area contributed by atoms with E-state index < -0.39 is 42.3 Å². The number of pyridine rings is 1. The van der Waals surface area contributed by atoms with Crippen molar-refractivity contribution in [2.24, 2.45) is 0 Å². The molecule has 0 aliphatic heterocycles. The van der Waals surface area contributed by atoms with Gasteiger partial charge in [-0.05, 0) is 33.8 Å². The molecule has 1 aromatic heterocycles. The second-order valence-electron chi connectivity index (χ2n) is 6.75. The molecule has 0 saturated heterocycles. The quantitative estimate of drug-likeness (QED) is 0.709. The van der Waals surface area contributed by atoms with Crippen molar-refractivity contribution in [1.82, 2.24) is 9.88 Å². The van der Waals surface area contributed by atoms with E-state index in [1.807, 2.05) is 0 Å². The fraction of sp³-hybridized carbons (Fsp3) is 0.588. The van der Waals surface area contributed by atoms with Gasteiger partial charge in [0.2, 0.25) is 5.91 Å². The SMILES string of the molecule is CC(C(=O)NC(CC(=O)OC(C)(C)C)C(O)CF)n1ccccc1=O. The molecule has 0 spiro atoms. The Hall–Kier alpha value is -2.22. The molecule has 8 heteroatoms. The van der Waals surface area contributed by atoms with Crippen LogP contribution in [-0.4, -0.2) is 46.0 Å². The van der Waals surface area contributed by atoms with Crippen molar-refractivity contribution in [3.8, 4) is 0 Å². The lowest BCUT2D eigenvalue weighted by Gasteiger charge is -2.26. The van der Waals surface area contributed by atoms with E-state index in [2.05, 4.69) is 5.32 Å². The molecule has 3 atom stereocenters. The third kappa shape index (κ3) is 6.66. The van der Waals surface area contributed by atoms with Crippen molar-refractivity contribution >= 4 is 11.9 Å². The Bertz CT molecular complexity index is 653. The molecule has 0 aromatic carbocycles. The average molecular weight is 356 g/mol. The molecule has 140 valence electrons. The number of aliphatic hydroxyl groups excluding tert-OH is 1.